The molecule has 144 valence electrons. The second-order valence-electron chi connectivity index (χ2n) is 6.21. The van der Waals surface area contributed by atoms with Gasteiger partial charge in [-0.15, -0.1) is 0 Å². The predicted octanol–water partition coefficient (Wildman–Crippen LogP) is 3.17. The molecule has 0 bridgehead atoms. The van der Waals surface area contributed by atoms with Crippen LogP contribution in [-0.4, -0.2) is 38.7 Å². The fourth-order valence-corrected chi connectivity index (χ4v) is 2.50. The van der Waals surface area contributed by atoms with Crippen LogP contribution in [0.2, 0.25) is 0 Å². The standard InChI is InChI=1S/C21H25NO5/c1-14(16-8-6-5-7-9-16)13-22-20(23)15(2)27-21(24)17-10-18(25-3)12-19(11-17)26-4/h5-12,14-15H,13H2,1-4H3,(H,22,23). The number of hydrogen-bond donors (Lipinski definition) is 1. The Balaban J connectivity index is 1.92. The summed E-state index contributed by atoms with van der Waals surface area (Å²) in [6, 6.07) is 14.6. The molecule has 0 saturated carbocycles. The van der Waals surface area contributed by atoms with Crippen LogP contribution >= 0.6 is 0 Å². The van der Waals surface area contributed by atoms with Crippen LogP contribution in [-0.2, 0) is 9.53 Å². The summed E-state index contributed by atoms with van der Waals surface area (Å²) in [4.78, 5) is 24.6. The maximum Gasteiger partial charge on any atom is 0.339 e. The van der Waals surface area contributed by atoms with E-state index >= 15 is 0 Å². The van der Waals surface area contributed by atoms with E-state index in [0.29, 0.717) is 18.0 Å². The molecule has 6 heteroatoms. The Kier molecular flexibility index (Phi) is 7.23. The van der Waals surface area contributed by atoms with Gasteiger partial charge in [0.2, 0.25) is 0 Å². The molecule has 0 aromatic heterocycles. The third-order valence-corrected chi connectivity index (χ3v) is 4.19. The van der Waals surface area contributed by atoms with Crippen molar-refractivity contribution in [1.82, 2.24) is 5.32 Å². The van der Waals surface area contributed by atoms with Gasteiger partial charge in [-0.2, -0.15) is 0 Å². The highest BCUT2D eigenvalue weighted by molar-refractivity contribution is 5.93. The molecule has 1 amide bonds. The molecular formula is C21H25NO5. The van der Waals surface area contributed by atoms with E-state index < -0.39 is 12.1 Å². The van der Waals surface area contributed by atoms with Crippen LogP contribution in [0.15, 0.2) is 48.5 Å². The Morgan fingerprint density at radius 2 is 1.56 bits per heavy atom. The summed E-state index contributed by atoms with van der Waals surface area (Å²) in [7, 11) is 2.99. The fraction of sp³-hybridized carbons (Fsp3) is 0.333. The van der Waals surface area contributed by atoms with Gasteiger partial charge >= 0.3 is 5.97 Å². The van der Waals surface area contributed by atoms with E-state index in [0.717, 1.165) is 5.56 Å². The zero-order chi connectivity index (χ0) is 19.8. The van der Waals surface area contributed by atoms with E-state index in [1.165, 1.54) is 33.3 Å². The Morgan fingerprint density at radius 1 is 0.963 bits per heavy atom. The minimum absolute atomic E-state index is 0.153. The van der Waals surface area contributed by atoms with E-state index in [1.807, 2.05) is 37.3 Å². The lowest BCUT2D eigenvalue weighted by Gasteiger charge is -2.17. The summed E-state index contributed by atoms with van der Waals surface area (Å²) in [6.45, 7) is 4.02. The first-order valence-corrected chi connectivity index (χ1v) is 8.71. The lowest BCUT2D eigenvalue weighted by Crippen LogP contribution is -2.37. The number of hydrogen-bond acceptors (Lipinski definition) is 5. The zero-order valence-electron chi connectivity index (χ0n) is 16.0. The molecule has 27 heavy (non-hydrogen) atoms. The average molecular weight is 371 g/mol. The number of carbonyl (C=O) groups is 2. The van der Waals surface area contributed by atoms with E-state index in [9.17, 15) is 9.59 Å². The molecule has 1 N–H and O–H groups in total. The number of carbonyl (C=O) groups excluding carboxylic acids is 2. The summed E-state index contributed by atoms with van der Waals surface area (Å²) in [5.41, 5.74) is 1.38. The second kappa shape index (κ2) is 9.62. The number of benzene rings is 2. The first kappa shape index (κ1) is 20.3. The Hall–Kier alpha value is -3.02. The van der Waals surface area contributed by atoms with Crippen molar-refractivity contribution in [3.8, 4) is 11.5 Å². The maximum atomic E-state index is 12.3. The van der Waals surface area contributed by atoms with Crippen LogP contribution in [0.3, 0.4) is 0 Å². The van der Waals surface area contributed by atoms with Crippen molar-refractivity contribution in [1.29, 1.82) is 0 Å². The van der Waals surface area contributed by atoms with Gasteiger partial charge in [0, 0.05) is 12.6 Å². The Morgan fingerprint density at radius 3 is 2.11 bits per heavy atom. The third kappa shape index (κ3) is 5.74. The molecule has 2 unspecified atom stereocenters. The molecule has 0 aliphatic carbocycles. The van der Waals surface area contributed by atoms with Gasteiger partial charge in [-0.25, -0.2) is 4.79 Å². The van der Waals surface area contributed by atoms with Crippen LogP contribution in [0.1, 0.15) is 35.7 Å². The van der Waals surface area contributed by atoms with Crippen molar-refractivity contribution < 1.29 is 23.8 Å². The molecule has 2 atom stereocenters. The zero-order valence-corrected chi connectivity index (χ0v) is 16.0. The molecule has 6 nitrogen and oxygen atoms in total. The number of esters is 1. The van der Waals surface area contributed by atoms with Crippen LogP contribution in [0.4, 0.5) is 0 Å². The van der Waals surface area contributed by atoms with E-state index in [4.69, 9.17) is 14.2 Å². The van der Waals surface area contributed by atoms with Crippen LogP contribution in [0.25, 0.3) is 0 Å². The largest absolute Gasteiger partial charge is 0.497 e. The average Bonchev–Trinajstić information content (AvgIpc) is 2.71. The van der Waals surface area contributed by atoms with Gasteiger partial charge in [-0.1, -0.05) is 37.3 Å². The topological polar surface area (TPSA) is 73.9 Å². The van der Waals surface area contributed by atoms with Gasteiger partial charge in [0.05, 0.1) is 19.8 Å². The van der Waals surface area contributed by atoms with E-state index in [1.54, 1.807) is 6.07 Å². The van der Waals surface area contributed by atoms with Crippen molar-refractivity contribution in [3.63, 3.8) is 0 Å². The number of ether oxygens (including phenoxy) is 3. The van der Waals surface area contributed by atoms with Gasteiger partial charge in [0.1, 0.15) is 11.5 Å². The van der Waals surface area contributed by atoms with Crippen molar-refractivity contribution in [2.24, 2.45) is 0 Å². The minimum atomic E-state index is -0.919. The van der Waals surface area contributed by atoms with Gasteiger partial charge in [-0.05, 0) is 30.5 Å². The molecule has 0 aliphatic heterocycles. The number of amides is 1. The second-order valence-corrected chi connectivity index (χ2v) is 6.21. The van der Waals surface area contributed by atoms with Gasteiger partial charge in [-0.3, -0.25) is 4.79 Å². The van der Waals surface area contributed by atoms with Crippen LogP contribution < -0.4 is 14.8 Å². The molecule has 0 spiro atoms. The summed E-state index contributed by atoms with van der Waals surface area (Å²) in [5.74, 6) is 0.123. The van der Waals surface area contributed by atoms with Gasteiger partial charge in [0.15, 0.2) is 6.10 Å². The first-order chi connectivity index (χ1) is 12.9. The predicted molar refractivity (Wildman–Crippen MR) is 102 cm³/mol. The lowest BCUT2D eigenvalue weighted by atomic mass is 10.0. The molecule has 2 rings (SSSR count). The van der Waals surface area contributed by atoms with Crippen molar-refractivity contribution in [2.75, 3.05) is 20.8 Å². The fourth-order valence-electron chi connectivity index (χ4n) is 2.50. The molecule has 2 aromatic rings. The van der Waals surface area contributed by atoms with Crippen LogP contribution in [0, 0.1) is 0 Å². The van der Waals surface area contributed by atoms with Crippen molar-refractivity contribution in [3.05, 3.63) is 59.7 Å². The minimum Gasteiger partial charge on any atom is -0.497 e. The summed E-state index contributed by atoms with van der Waals surface area (Å²) in [6.07, 6.45) is -0.919. The molecule has 0 radical (unpaired) electrons. The Bertz CT molecular complexity index is 753. The van der Waals surface area contributed by atoms with Crippen molar-refractivity contribution >= 4 is 11.9 Å². The van der Waals surface area contributed by atoms with Gasteiger partial charge in [0.25, 0.3) is 5.91 Å². The molecule has 2 aromatic carbocycles. The van der Waals surface area contributed by atoms with Crippen LogP contribution in [0.5, 0.6) is 11.5 Å². The Labute approximate surface area is 159 Å². The molecule has 0 aliphatic rings. The highest BCUT2D eigenvalue weighted by Gasteiger charge is 2.20. The van der Waals surface area contributed by atoms with Gasteiger partial charge < -0.3 is 19.5 Å². The molecule has 0 fully saturated rings. The SMILES string of the molecule is COc1cc(OC)cc(C(=O)OC(C)C(=O)NCC(C)c2ccccc2)c1. The lowest BCUT2D eigenvalue weighted by molar-refractivity contribution is -0.129. The number of nitrogens with one attached hydrogen (secondary N) is 1. The summed E-state index contributed by atoms with van der Waals surface area (Å²) >= 11 is 0. The number of rotatable bonds is 8. The monoisotopic (exact) mass is 371 g/mol. The maximum absolute atomic E-state index is 12.3. The molecular weight excluding hydrogens is 346 g/mol. The molecule has 0 saturated heterocycles. The van der Waals surface area contributed by atoms with Crippen molar-refractivity contribution in [2.45, 2.75) is 25.9 Å². The van der Waals surface area contributed by atoms with E-state index in [2.05, 4.69) is 5.32 Å². The highest BCUT2D eigenvalue weighted by Crippen LogP contribution is 2.23. The normalized spacial score (nSPS) is 12.6. The summed E-state index contributed by atoms with van der Waals surface area (Å²) in [5, 5.41) is 2.82. The summed E-state index contributed by atoms with van der Waals surface area (Å²) < 4.78 is 15.6. The smallest absolute Gasteiger partial charge is 0.339 e. The highest BCUT2D eigenvalue weighted by atomic mass is 16.5. The third-order valence-electron chi connectivity index (χ3n) is 4.19. The quantitative estimate of drug-likeness (QED) is 0.722. The first-order valence-electron chi connectivity index (χ1n) is 8.71. The van der Waals surface area contributed by atoms with E-state index in [-0.39, 0.29) is 17.4 Å². The number of methoxy groups -OCH3 is 2. The molecule has 0 heterocycles.